The zero-order valence-corrected chi connectivity index (χ0v) is 13.9. The van der Waals surface area contributed by atoms with E-state index in [9.17, 15) is 13.2 Å². The summed E-state index contributed by atoms with van der Waals surface area (Å²) in [5.41, 5.74) is 0.482. The monoisotopic (exact) mass is 372 g/mol. The number of anilines is 1. The number of methoxy groups -OCH3 is 1. The summed E-state index contributed by atoms with van der Waals surface area (Å²) in [5.74, 6) is 0.172. The molecular weight excluding hydrogens is 360 g/mol. The van der Waals surface area contributed by atoms with E-state index in [0.717, 1.165) is 0 Å². The molecule has 0 atom stereocenters. The molecule has 0 radical (unpaired) electrons. The second kappa shape index (κ2) is 7.32. The van der Waals surface area contributed by atoms with Gasteiger partial charge in [0, 0.05) is 11.8 Å². The summed E-state index contributed by atoms with van der Waals surface area (Å²) < 4.78 is 32.0. The van der Waals surface area contributed by atoms with Gasteiger partial charge < -0.3 is 15.2 Å². The highest BCUT2D eigenvalue weighted by molar-refractivity contribution is 7.92. The van der Waals surface area contributed by atoms with Crippen LogP contribution in [-0.4, -0.2) is 36.7 Å². The summed E-state index contributed by atoms with van der Waals surface area (Å²) in [4.78, 5) is 18.1. The lowest BCUT2D eigenvalue weighted by molar-refractivity contribution is 0.194. The minimum atomic E-state index is -3.97. The van der Waals surface area contributed by atoms with E-state index in [4.69, 9.17) is 21.4 Å². The van der Waals surface area contributed by atoms with E-state index in [2.05, 4.69) is 20.0 Å². The van der Waals surface area contributed by atoms with E-state index >= 15 is 0 Å². The van der Waals surface area contributed by atoms with Crippen LogP contribution in [0, 0.1) is 0 Å². The van der Waals surface area contributed by atoms with Crippen LogP contribution < -0.4 is 14.8 Å². The van der Waals surface area contributed by atoms with Crippen molar-refractivity contribution >= 4 is 33.4 Å². The van der Waals surface area contributed by atoms with Crippen molar-refractivity contribution in [2.24, 2.45) is 0 Å². The number of halogens is 1. The Morgan fingerprint density at radius 3 is 2.79 bits per heavy atom. The molecule has 0 saturated heterocycles. The molecule has 1 amide bonds. The average molecular weight is 373 g/mol. The lowest BCUT2D eigenvalue weighted by Crippen LogP contribution is -2.21. The molecule has 0 unspecified atom stereocenters. The number of nitrogens with zero attached hydrogens (tertiary/aromatic N) is 2. The van der Waals surface area contributed by atoms with Gasteiger partial charge in [0.25, 0.3) is 10.0 Å². The van der Waals surface area contributed by atoms with Gasteiger partial charge >= 0.3 is 6.09 Å². The molecule has 9 nitrogen and oxygen atoms in total. The Morgan fingerprint density at radius 2 is 2.17 bits per heavy atom. The van der Waals surface area contributed by atoms with Crippen LogP contribution in [0.15, 0.2) is 35.5 Å². The molecule has 24 heavy (non-hydrogen) atoms. The smallest absolute Gasteiger partial charge is 0.404 e. The number of sulfonamides is 1. The molecule has 0 saturated carbocycles. The largest absolute Gasteiger partial charge is 0.481 e. The van der Waals surface area contributed by atoms with Crippen LogP contribution >= 0.6 is 11.6 Å². The van der Waals surface area contributed by atoms with Gasteiger partial charge in [-0.25, -0.2) is 23.2 Å². The molecule has 0 aromatic carbocycles. The van der Waals surface area contributed by atoms with Crippen LogP contribution in [0.3, 0.4) is 0 Å². The molecular formula is C13H13ClN4O5S. The number of ether oxygens (including phenoxy) is 1. The first kappa shape index (κ1) is 17.8. The molecule has 0 spiro atoms. The van der Waals surface area contributed by atoms with Gasteiger partial charge in [-0.15, -0.1) is 0 Å². The maximum atomic E-state index is 12.3. The second-order valence-electron chi connectivity index (χ2n) is 4.45. The number of amides is 1. The van der Waals surface area contributed by atoms with Gasteiger partial charge in [0.05, 0.1) is 25.5 Å². The van der Waals surface area contributed by atoms with Crippen LogP contribution in [0.25, 0.3) is 0 Å². The fourth-order valence-corrected chi connectivity index (χ4v) is 3.30. The van der Waals surface area contributed by atoms with Crippen LogP contribution in [0.1, 0.15) is 5.56 Å². The van der Waals surface area contributed by atoms with Gasteiger partial charge in [-0.05, 0) is 18.2 Å². The molecule has 2 heterocycles. The van der Waals surface area contributed by atoms with Gasteiger partial charge in [0.2, 0.25) is 5.88 Å². The van der Waals surface area contributed by atoms with Gasteiger partial charge in [0.1, 0.15) is 10.0 Å². The van der Waals surface area contributed by atoms with Crippen molar-refractivity contribution < 1.29 is 23.1 Å². The average Bonchev–Trinajstić information content (AvgIpc) is 2.53. The van der Waals surface area contributed by atoms with Crippen LogP contribution in [-0.2, 0) is 16.6 Å². The minimum Gasteiger partial charge on any atom is -0.481 e. The van der Waals surface area contributed by atoms with Gasteiger partial charge in [0.15, 0.2) is 0 Å². The molecule has 2 aromatic rings. The molecule has 2 aromatic heterocycles. The maximum absolute atomic E-state index is 12.3. The van der Waals surface area contributed by atoms with E-state index in [0.29, 0.717) is 5.56 Å². The zero-order chi connectivity index (χ0) is 17.7. The van der Waals surface area contributed by atoms with Crippen molar-refractivity contribution in [1.82, 2.24) is 15.3 Å². The number of pyridine rings is 2. The number of hydrogen-bond donors (Lipinski definition) is 3. The van der Waals surface area contributed by atoms with E-state index in [1.165, 1.54) is 37.7 Å². The van der Waals surface area contributed by atoms with Gasteiger partial charge in [-0.1, -0.05) is 11.6 Å². The first-order valence-electron chi connectivity index (χ1n) is 6.46. The molecule has 128 valence electrons. The van der Waals surface area contributed by atoms with E-state index in [-0.39, 0.29) is 28.2 Å². The highest BCUT2D eigenvalue weighted by atomic mass is 35.5. The summed E-state index contributed by atoms with van der Waals surface area (Å²) in [5, 5.41) is 10.7. The Bertz CT molecular complexity index is 859. The summed E-state index contributed by atoms with van der Waals surface area (Å²) in [7, 11) is -2.61. The highest BCUT2D eigenvalue weighted by Crippen LogP contribution is 2.24. The lowest BCUT2D eigenvalue weighted by atomic mass is 10.2. The predicted molar refractivity (Wildman–Crippen MR) is 85.7 cm³/mol. The first-order chi connectivity index (χ1) is 11.3. The number of carbonyl (C=O) groups is 1. The number of hydrogen-bond acceptors (Lipinski definition) is 6. The van der Waals surface area contributed by atoms with Crippen LogP contribution in [0.2, 0.25) is 5.15 Å². The number of carboxylic acid groups (broad SMARTS) is 1. The summed E-state index contributed by atoms with van der Waals surface area (Å²) >= 11 is 5.80. The third-order valence-corrected chi connectivity index (χ3v) is 4.64. The van der Waals surface area contributed by atoms with E-state index in [1.807, 2.05) is 0 Å². The molecule has 0 aliphatic carbocycles. The Hall–Kier alpha value is -2.59. The normalized spacial score (nSPS) is 10.9. The molecule has 0 bridgehead atoms. The SMILES string of the molecule is COc1ncc(NS(=O)(=O)c2cccnc2Cl)cc1CNC(=O)O. The maximum Gasteiger partial charge on any atom is 0.404 e. The Labute approximate surface area is 142 Å². The third-order valence-electron chi connectivity index (χ3n) is 2.82. The number of rotatable bonds is 6. The van der Waals surface area contributed by atoms with E-state index in [1.54, 1.807) is 0 Å². The lowest BCUT2D eigenvalue weighted by Gasteiger charge is -2.12. The Balaban J connectivity index is 2.31. The van der Waals surface area contributed by atoms with Gasteiger partial charge in [-0.2, -0.15) is 0 Å². The van der Waals surface area contributed by atoms with Crippen LogP contribution in [0.4, 0.5) is 10.5 Å². The fourth-order valence-electron chi connectivity index (χ4n) is 1.82. The summed E-state index contributed by atoms with van der Waals surface area (Å²) in [6, 6.07) is 4.15. The zero-order valence-electron chi connectivity index (χ0n) is 12.4. The van der Waals surface area contributed by atoms with Crippen molar-refractivity contribution in [3.63, 3.8) is 0 Å². The van der Waals surface area contributed by atoms with Crippen molar-refractivity contribution in [2.75, 3.05) is 11.8 Å². The predicted octanol–water partition coefficient (Wildman–Crippen LogP) is 1.71. The molecule has 0 aliphatic heterocycles. The Morgan fingerprint density at radius 1 is 1.42 bits per heavy atom. The van der Waals surface area contributed by atoms with Crippen molar-refractivity contribution in [3.8, 4) is 5.88 Å². The standard InChI is InChI=1S/C13H13ClN4O5S/c1-23-12-8(6-17-13(19)20)5-9(7-16-12)18-24(21,22)10-3-2-4-15-11(10)14/h2-5,7,17-18H,6H2,1H3,(H,19,20). The molecule has 0 fully saturated rings. The molecule has 3 N–H and O–H groups in total. The first-order valence-corrected chi connectivity index (χ1v) is 8.32. The minimum absolute atomic E-state index is 0.102. The number of nitrogens with one attached hydrogen (secondary N) is 2. The van der Waals surface area contributed by atoms with Crippen LogP contribution in [0.5, 0.6) is 5.88 Å². The van der Waals surface area contributed by atoms with Crippen molar-refractivity contribution in [1.29, 1.82) is 0 Å². The summed E-state index contributed by atoms with van der Waals surface area (Å²) in [6.07, 6.45) is 1.38. The Kier molecular flexibility index (Phi) is 5.42. The highest BCUT2D eigenvalue weighted by Gasteiger charge is 2.19. The van der Waals surface area contributed by atoms with Crippen molar-refractivity contribution in [2.45, 2.75) is 11.4 Å². The molecule has 0 aliphatic rings. The number of aromatic nitrogens is 2. The second-order valence-corrected chi connectivity index (χ2v) is 6.46. The summed E-state index contributed by atoms with van der Waals surface area (Å²) in [6.45, 7) is -0.102. The fraction of sp³-hybridized carbons (Fsp3) is 0.154. The third kappa shape index (κ3) is 4.24. The van der Waals surface area contributed by atoms with Crippen molar-refractivity contribution in [3.05, 3.63) is 41.3 Å². The molecule has 2 rings (SSSR count). The van der Waals surface area contributed by atoms with Gasteiger partial charge in [-0.3, -0.25) is 4.72 Å². The quantitative estimate of drug-likeness (QED) is 0.658. The van der Waals surface area contributed by atoms with E-state index < -0.39 is 16.1 Å². The topological polar surface area (TPSA) is 131 Å². The molecule has 11 heteroatoms.